The summed E-state index contributed by atoms with van der Waals surface area (Å²) in [6, 6.07) is 16.3. The molecule has 1 aliphatic carbocycles. The van der Waals surface area contributed by atoms with Gasteiger partial charge < -0.3 is 4.74 Å². The molecular weight excluding hydrogens is 236 g/mol. The fraction of sp³-hybridized carbons (Fsp3) is 0.235. The quantitative estimate of drug-likeness (QED) is 0.767. The van der Waals surface area contributed by atoms with Crippen LogP contribution >= 0.6 is 0 Å². The Balaban J connectivity index is 2.14. The summed E-state index contributed by atoms with van der Waals surface area (Å²) in [6.07, 6.45) is 0.891. The minimum Gasteiger partial charge on any atom is -0.465 e. The molecule has 0 spiro atoms. The molecule has 0 radical (unpaired) electrons. The van der Waals surface area contributed by atoms with Gasteiger partial charge in [-0.1, -0.05) is 48.5 Å². The molecule has 1 aliphatic rings. The predicted octanol–water partition coefficient (Wildman–Crippen LogP) is 3.29. The maximum atomic E-state index is 12.3. The third-order valence-corrected chi connectivity index (χ3v) is 3.64. The van der Waals surface area contributed by atoms with Crippen molar-refractivity contribution in [1.29, 1.82) is 0 Å². The lowest BCUT2D eigenvalue weighted by molar-refractivity contribution is -0.143. The maximum absolute atomic E-state index is 12.3. The van der Waals surface area contributed by atoms with E-state index in [1.807, 2.05) is 43.3 Å². The maximum Gasteiger partial charge on any atom is 0.317 e. The fourth-order valence-corrected chi connectivity index (χ4v) is 2.81. The van der Waals surface area contributed by atoms with E-state index in [0.29, 0.717) is 6.61 Å². The highest BCUT2D eigenvalue weighted by Gasteiger charge is 2.31. The third-order valence-electron chi connectivity index (χ3n) is 3.64. The lowest BCUT2D eigenvalue weighted by Crippen LogP contribution is -2.23. The second kappa shape index (κ2) is 4.88. The first-order valence-corrected chi connectivity index (χ1v) is 6.63. The van der Waals surface area contributed by atoms with E-state index in [2.05, 4.69) is 12.1 Å². The van der Waals surface area contributed by atoms with Gasteiger partial charge in [0.05, 0.1) is 6.61 Å². The Bertz CT molecular complexity index is 571. The van der Waals surface area contributed by atoms with Gasteiger partial charge in [0.2, 0.25) is 0 Å². The molecule has 0 heterocycles. The van der Waals surface area contributed by atoms with Crippen molar-refractivity contribution in [3.8, 4) is 0 Å². The molecule has 0 fully saturated rings. The zero-order valence-electron chi connectivity index (χ0n) is 10.9. The van der Waals surface area contributed by atoms with Gasteiger partial charge in [0.1, 0.15) is 5.92 Å². The first-order chi connectivity index (χ1) is 9.31. The van der Waals surface area contributed by atoms with Gasteiger partial charge in [-0.15, -0.1) is 0 Å². The Morgan fingerprint density at radius 2 is 1.58 bits per heavy atom. The van der Waals surface area contributed by atoms with Gasteiger partial charge in [-0.3, -0.25) is 4.79 Å². The summed E-state index contributed by atoms with van der Waals surface area (Å²) in [4.78, 5) is 12.3. The molecule has 2 aromatic rings. The number of rotatable bonds is 2. The Kier molecular flexibility index (Phi) is 3.08. The number of hydrogen-bond donors (Lipinski definition) is 0. The van der Waals surface area contributed by atoms with Crippen molar-refractivity contribution in [1.82, 2.24) is 0 Å². The molecule has 0 amide bonds. The molecule has 19 heavy (non-hydrogen) atoms. The highest BCUT2D eigenvalue weighted by atomic mass is 16.5. The van der Waals surface area contributed by atoms with Gasteiger partial charge in [-0.25, -0.2) is 0 Å². The fourth-order valence-electron chi connectivity index (χ4n) is 2.81. The lowest BCUT2D eigenvalue weighted by atomic mass is 9.78. The van der Waals surface area contributed by atoms with Crippen molar-refractivity contribution in [2.24, 2.45) is 0 Å². The van der Waals surface area contributed by atoms with Gasteiger partial charge in [0.25, 0.3) is 0 Å². The molecule has 2 heteroatoms. The second-order valence-corrected chi connectivity index (χ2v) is 4.76. The summed E-state index contributed by atoms with van der Waals surface area (Å²) in [5.41, 5.74) is 4.61. The molecule has 0 saturated carbocycles. The van der Waals surface area contributed by atoms with E-state index in [1.54, 1.807) is 0 Å². The van der Waals surface area contributed by atoms with Crippen molar-refractivity contribution < 1.29 is 9.53 Å². The van der Waals surface area contributed by atoms with E-state index in [1.165, 1.54) is 11.1 Å². The largest absolute Gasteiger partial charge is 0.465 e. The van der Waals surface area contributed by atoms with E-state index in [0.717, 1.165) is 17.5 Å². The first kappa shape index (κ1) is 12.0. The van der Waals surface area contributed by atoms with Crippen molar-refractivity contribution >= 4 is 5.97 Å². The topological polar surface area (TPSA) is 26.3 Å². The van der Waals surface area contributed by atoms with Crippen LogP contribution in [-0.4, -0.2) is 12.6 Å². The monoisotopic (exact) mass is 252 g/mol. The highest BCUT2D eigenvalue weighted by molar-refractivity contribution is 5.84. The molecule has 0 aromatic heterocycles. The summed E-state index contributed by atoms with van der Waals surface area (Å²) in [6.45, 7) is 2.26. The summed E-state index contributed by atoms with van der Waals surface area (Å²) < 4.78 is 5.26. The van der Waals surface area contributed by atoms with Crippen LogP contribution in [0.1, 0.15) is 35.1 Å². The Morgan fingerprint density at radius 1 is 1.05 bits per heavy atom. The van der Waals surface area contributed by atoms with Gasteiger partial charge in [-0.05, 0) is 35.6 Å². The molecule has 0 atom stereocenters. The molecular formula is C17H16O2. The smallest absolute Gasteiger partial charge is 0.317 e. The Morgan fingerprint density at radius 3 is 2.11 bits per heavy atom. The van der Waals surface area contributed by atoms with Crippen LogP contribution in [-0.2, 0) is 16.0 Å². The molecule has 96 valence electrons. The van der Waals surface area contributed by atoms with Crippen molar-refractivity contribution in [2.75, 3.05) is 6.61 Å². The van der Waals surface area contributed by atoms with E-state index in [4.69, 9.17) is 4.74 Å². The van der Waals surface area contributed by atoms with Crippen LogP contribution in [0.2, 0.25) is 0 Å². The van der Waals surface area contributed by atoms with Crippen LogP contribution < -0.4 is 0 Å². The van der Waals surface area contributed by atoms with E-state index in [9.17, 15) is 4.79 Å². The van der Waals surface area contributed by atoms with Crippen LogP contribution in [0.15, 0.2) is 48.5 Å². The number of carbonyl (C=O) groups is 1. The zero-order chi connectivity index (χ0) is 13.2. The molecule has 0 aliphatic heterocycles. The molecule has 2 nitrogen and oxygen atoms in total. The standard InChI is InChI=1S/C17H16O2/c1-2-19-17(18)16-14-9-5-3-7-12(14)11-13-8-4-6-10-15(13)16/h3-10,16H,2,11H2,1H3. The molecule has 0 unspecified atom stereocenters. The summed E-state index contributed by atoms with van der Waals surface area (Å²) in [7, 11) is 0. The number of hydrogen-bond acceptors (Lipinski definition) is 2. The second-order valence-electron chi connectivity index (χ2n) is 4.76. The third kappa shape index (κ3) is 2.03. The number of fused-ring (bicyclic) bond motifs is 2. The van der Waals surface area contributed by atoms with Crippen LogP contribution in [0.3, 0.4) is 0 Å². The van der Waals surface area contributed by atoms with E-state index in [-0.39, 0.29) is 11.9 Å². The molecule has 0 bridgehead atoms. The van der Waals surface area contributed by atoms with E-state index >= 15 is 0 Å². The van der Waals surface area contributed by atoms with Crippen LogP contribution in [0.4, 0.5) is 0 Å². The number of benzene rings is 2. The average Bonchev–Trinajstić information content (AvgIpc) is 2.44. The van der Waals surface area contributed by atoms with Crippen LogP contribution in [0.5, 0.6) is 0 Å². The van der Waals surface area contributed by atoms with Gasteiger partial charge in [0, 0.05) is 0 Å². The molecule has 0 N–H and O–H groups in total. The summed E-state index contributed by atoms with van der Waals surface area (Å²) in [5.74, 6) is -0.428. The van der Waals surface area contributed by atoms with Gasteiger partial charge >= 0.3 is 5.97 Å². The molecule has 2 aromatic carbocycles. The van der Waals surface area contributed by atoms with E-state index < -0.39 is 0 Å². The lowest BCUT2D eigenvalue weighted by Gasteiger charge is -2.26. The van der Waals surface area contributed by atoms with Crippen molar-refractivity contribution in [2.45, 2.75) is 19.3 Å². The van der Waals surface area contributed by atoms with Crippen LogP contribution in [0, 0.1) is 0 Å². The highest BCUT2D eigenvalue weighted by Crippen LogP contribution is 2.37. The SMILES string of the molecule is CCOC(=O)C1c2ccccc2Cc2ccccc21. The van der Waals surface area contributed by atoms with Gasteiger partial charge in [0.15, 0.2) is 0 Å². The number of ether oxygens (including phenoxy) is 1. The zero-order valence-corrected chi connectivity index (χ0v) is 10.9. The first-order valence-electron chi connectivity index (χ1n) is 6.63. The number of carbonyl (C=O) groups excluding carboxylic acids is 1. The van der Waals surface area contributed by atoms with Crippen molar-refractivity contribution in [3.63, 3.8) is 0 Å². The Labute approximate surface area is 113 Å². The minimum absolute atomic E-state index is 0.151. The Hall–Kier alpha value is -2.09. The number of esters is 1. The summed E-state index contributed by atoms with van der Waals surface area (Å²) >= 11 is 0. The van der Waals surface area contributed by atoms with Crippen LogP contribution in [0.25, 0.3) is 0 Å². The molecule has 0 saturated heterocycles. The predicted molar refractivity (Wildman–Crippen MR) is 74.2 cm³/mol. The summed E-state index contributed by atoms with van der Waals surface area (Å²) in [5, 5.41) is 0. The average molecular weight is 252 g/mol. The van der Waals surface area contributed by atoms with Crippen molar-refractivity contribution in [3.05, 3.63) is 70.8 Å². The molecule has 3 rings (SSSR count). The normalized spacial score (nSPS) is 13.5. The van der Waals surface area contributed by atoms with Gasteiger partial charge in [-0.2, -0.15) is 0 Å². The minimum atomic E-state index is -0.277.